The molecule has 4 aromatic rings. The second kappa shape index (κ2) is 9.16. The lowest BCUT2D eigenvalue weighted by atomic mass is 10.1. The van der Waals surface area contributed by atoms with Crippen molar-refractivity contribution < 1.29 is 9.84 Å². The van der Waals surface area contributed by atoms with Gasteiger partial charge in [0.1, 0.15) is 18.5 Å². The molecule has 2 heterocycles. The number of aliphatic hydroxyl groups excluding tert-OH is 1. The molecule has 7 heteroatoms. The largest absolute Gasteiger partial charge is 0.491 e. The highest BCUT2D eigenvalue weighted by Crippen LogP contribution is 2.21. The summed E-state index contributed by atoms with van der Waals surface area (Å²) in [6.45, 7) is 1.57. The van der Waals surface area contributed by atoms with E-state index in [9.17, 15) is 9.90 Å². The molecule has 0 amide bonds. The number of aromatic nitrogens is 3. The molecule has 0 saturated carbocycles. The number of hydrogen-bond donors (Lipinski definition) is 2. The van der Waals surface area contributed by atoms with Gasteiger partial charge in [0, 0.05) is 33.4 Å². The first-order chi connectivity index (χ1) is 15.0. The van der Waals surface area contributed by atoms with Crippen LogP contribution in [0.25, 0.3) is 11.0 Å². The van der Waals surface area contributed by atoms with E-state index in [4.69, 9.17) is 4.74 Å². The Labute approximate surface area is 180 Å². The Morgan fingerprint density at radius 2 is 1.77 bits per heavy atom. The zero-order chi connectivity index (χ0) is 21.8. The van der Waals surface area contributed by atoms with Crippen LogP contribution in [0.5, 0.6) is 5.75 Å². The first-order valence-corrected chi connectivity index (χ1v) is 10.2. The van der Waals surface area contributed by atoms with Crippen LogP contribution in [-0.4, -0.2) is 25.8 Å². The Balaban J connectivity index is 1.32. The summed E-state index contributed by atoms with van der Waals surface area (Å²) in [5, 5.41) is 13.9. The van der Waals surface area contributed by atoms with Crippen molar-refractivity contribution in [3.63, 3.8) is 0 Å². The molecule has 0 radical (unpaired) electrons. The molecule has 7 nitrogen and oxygen atoms in total. The number of benzene rings is 2. The summed E-state index contributed by atoms with van der Waals surface area (Å²) in [4.78, 5) is 16.4. The van der Waals surface area contributed by atoms with E-state index in [-0.39, 0.29) is 12.3 Å². The van der Waals surface area contributed by atoms with Crippen molar-refractivity contribution in [1.82, 2.24) is 19.4 Å². The van der Waals surface area contributed by atoms with Gasteiger partial charge in [-0.25, -0.2) is 4.79 Å². The van der Waals surface area contributed by atoms with Crippen molar-refractivity contribution in [2.24, 2.45) is 14.1 Å². The van der Waals surface area contributed by atoms with Crippen molar-refractivity contribution in [2.75, 3.05) is 6.61 Å². The van der Waals surface area contributed by atoms with E-state index in [1.165, 1.54) is 0 Å². The number of rotatable bonds is 8. The summed E-state index contributed by atoms with van der Waals surface area (Å²) in [5.41, 5.74) is 4.38. The Morgan fingerprint density at radius 3 is 2.52 bits per heavy atom. The van der Waals surface area contributed by atoms with Gasteiger partial charge in [-0.05, 0) is 47.5 Å². The number of fused-ring (bicyclic) bond motifs is 1. The lowest BCUT2D eigenvalue weighted by molar-refractivity contribution is 0.108. The first-order valence-electron chi connectivity index (χ1n) is 10.2. The maximum Gasteiger partial charge on any atom is 0.328 e. The molecule has 1 unspecified atom stereocenters. The van der Waals surface area contributed by atoms with Gasteiger partial charge in [-0.1, -0.05) is 24.3 Å². The van der Waals surface area contributed by atoms with Crippen molar-refractivity contribution in [3.8, 4) is 5.75 Å². The number of aryl methyl sites for hydroxylation is 2. The van der Waals surface area contributed by atoms with Crippen LogP contribution in [0.1, 0.15) is 22.9 Å². The van der Waals surface area contributed by atoms with Crippen LogP contribution >= 0.6 is 0 Å². The molecule has 2 N–H and O–H groups in total. The predicted molar refractivity (Wildman–Crippen MR) is 120 cm³/mol. The zero-order valence-electron chi connectivity index (χ0n) is 17.7. The van der Waals surface area contributed by atoms with Crippen molar-refractivity contribution in [2.45, 2.75) is 19.2 Å². The number of aliphatic hydroxyl groups is 1. The molecular weight excluding hydrogens is 392 g/mol. The molecule has 2 aromatic carbocycles. The molecule has 0 aliphatic heterocycles. The molecule has 0 saturated heterocycles. The third-order valence-electron chi connectivity index (χ3n) is 5.37. The summed E-state index contributed by atoms with van der Waals surface area (Å²) in [5.74, 6) is 0.695. The van der Waals surface area contributed by atoms with Crippen LogP contribution in [0, 0.1) is 0 Å². The van der Waals surface area contributed by atoms with Gasteiger partial charge < -0.3 is 15.2 Å². The Kier molecular flexibility index (Phi) is 6.16. The number of ether oxygens (including phenoxy) is 1. The molecule has 160 valence electrons. The minimum atomic E-state index is -0.792. The number of nitrogens with one attached hydrogen (secondary N) is 1. The standard InChI is InChI=1S/C24H26N4O3/c1-27-21-11-8-18(13-22(21)28(2)24(27)30)23(29)16-31-20-9-6-17(7-10-20)14-25-15-19-5-3-4-12-26-19/h3-13,23,25,29H,14-16H2,1-2H3. The van der Waals surface area contributed by atoms with Gasteiger partial charge in [0.15, 0.2) is 0 Å². The van der Waals surface area contributed by atoms with Gasteiger partial charge >= 0.3 is 5.69 Å². The van der Waals surface area contributed by atoms with Crippen LogP contribution < -0.4 is 15.7 Å². The number of nitrogens with zero attached hydrogens (tertiary/aromatic N) is 3. The quantitative estimate of drug-likeness (QED) is 0.460. The predicted octanol–water partition coefficient (Wildman–Crippen LogP) is 2.67. The highest BCUT2D eigenvalue weighted by Gasteiger charge is 2.13. The average Bonchev–Trinajstić information content (AvgIpc) is 3.02. The normalized spacial score (nSPS) is 12.2. The fourth-order valence-electron chi connectivity index (χ4n) is 3.54. The smallest absolute Gasteiger partial charge is 0.328 e. The van der Waals surface area contributed by atoms with Crippen LogP contribution in [0.3, 0.4) is 0 Å². The second-order valence-electron chi connectivity index (χ2n) is 7.54. The lowest BCUT2D eigenvalue weighted by Crippen LogP contribution is -2.19. The van der Waals surface area contributed by atoms with E-state index in [0.717, 1.165) is 28.8 Å². The van der Waals surface area contributed by atoms with E-state index < -0.39 is 6.10 Å². The van der Waals surface area contributed by atoms with E-state index in [1.54, 1.807) is 29.4 Å². The monoisotopic (exact) mass is 418 g/mol. The Hall–Kier alpha value is -3.42. The van der Waals surface area contributed by atoms with E-state index in [0.29, 0.717) is 17.9 Å². The van der Waals surface area contributed by atoms with Crippen LogP contribution in [0.2, 0.25) is 0 Å². The maximum absolute atomic E-state index is 12.1. The molecule has 31 heavy (non-hydrogen) atoms. The molecule has 0 spiro atoms. The number of imidazole rings is 1. The van der Waals surface area contributed by atoms with Crippen LogP contribution in [0.15, 0.2) is 71.7 Å². The molecule has 0 bridgehead atoms. The van der Waals surface area contributed by atoms with E-state index in [2.05, 4.69) is 10.3 Å². The summed E-state index contributed by atoms with van der Waals surface area (Å²) in [6.07, 6.45) is 0.996. The SMILES string of the molecule is Cn1c(=O)n(C)c2cc(C(O)COc3ccc(CNCc4ccccn4)cc3)ccc21. The second-order valence-corrected chi connectivity index (χ2v) is 7.54. The van der Waals surface area contributed by atoms with Crippen molar-refractivity contribution >= 4 is 11.0 Å². The van der Waals surface area contributed by atoms with Crippen LogP contribution in [0.4, 0.5) is 0 Å². The summed E-state index contributed by atoms with van der Waals surface area (Å²) >= 11 is 0. The van der Waals surface area contributed by atoms with Crippen molar-refractivity contribution in [1.29, 1.82) is 0 Å². The highest BCUT2D eigenvalue weighted by molar-refractivity contribution is 5.76. The molecule has 1 atom stereocenters. The summed E-state index contributed by atoms with van der Waals surface area (Å²) < 4.78 is 8.94. The topological polar surface area (TPSA) is 81.3 Å². The lowest BCUT2D eigenvalue weighted by Gasteiger charge is -2.13. The molecule has 0 aliphatic carbocycles. The van der Waals surface area contributed by atoms with Crippen molar-refractivity contribution in [3.05, 3.63) is 94.2 Å². The van der Waals surface area contributed by atoms with Gasteiger partial charge in [0.25, 0.3) is 0 Å². The molecule has 0 fully saturated rings. The molecule has 4 rings (SSSR count). The number of hydrogen-bond acceptors (Lipinski definition) is 5. The minimum absolute atomic E-state index is 0.0903. The highest BCUT2D eigenvalue weighted by atomic mass is 16.5. The Bertz CT molecular complexity index is 1210. The van der Waals surface area contributed by atoms with Gasteiger partial charge in [0.05, 0.1) is 16.7 Å². The maximum atomic E-state index is 12.1. The molecular formula is C24H26N4O3. The van der Waals surface area contributed by atoms with Gasteiger partial charge in [-0.2, -0.15) is 0 Å². The van der Waals surface area contributed by atoms with Gasteiger partial charge in [0.2, 0.25) is 0 Å². The molecule has 2 aromatic heterocycles. The third-order valence-corrected chi connectivity index (χ3v) is 5.37. The third kappa shape index (κ3) is 4.68. The Morgan fingerprint density at radius 1 is 1.00 bits per heavy atom. The first kappa shape index (κ1) is 20.8. The van der Waals surface area contributed by atoms with Gasteiger partial charge in [-0.3, -0.25) is 14.1 Å². The van der Waals surface area contributed by atoms with E-state index >= 15 is 0 Å². The minimum Gasteiger partial charge on any atom is -0.491 e. The van der Waals surface area contributed by atoms with E-state index in [1.807, 2.05) is 60.7 Å². The average molecular weight is 418 g/mol. The number of pyridine rings is 1. The summed E-state index contributed by atoms with van der Waals surface area (Å²) in [7, 11) is 3.46. The fraction of sp³-hybridized carbons (Fsp3) is 0.250. The van der Waals surface area contributed by atoms with Gasteiger partial charge in [-0.15, -0.1) is 0 Å². The zero-order valence-corrected chi connectivity index (χ0v) is 17.7. The van der Waals surface area contributed by atoms with Crippen LogP contribution in [-0.2, 0) is 27.2 Å². The summed E-state index contributed by atoms with van der Waals surface area (Å²) in [6, 6.07) is 19.2. The fourth-order valence-corrected chi connectivity index (χ4v) is 3.54. The molecule has 0 aliphatic rings.